The zero-order valence-electron chi connectivity index (χ0n) is 9.15. The highest BCUT2D eigenvalue weighted by Crippen LogP contribution is 2.24. The largest absolute Gasteiger partial charge is 0.389 e. The lowest BCUT2D eigenvalue weighted by molar-refractivity contribution is -0.134. The molecule has 0 aliphatic rings. The van der Waals surface area contributed by atoms with E-state index in [0.29, 0.717) is 0 Å². The number of hydrogen-bond donors (Lipinski definition) is 1. The predicted octanol–water partition coefficient (Wildman–Crippen LogP) is 2.67. The van der Waals surface area contributed by atoms with E-state index >= 15 is 0 Å². The minimum Gasteiger partial charge on any atom is -0.337 e. The van der Waals surface area contributed by atoms with Gasteiger partial charge in [-0.25, -0.2) is 0 Å². The van der Waals surface area contributed by atoms with E-state index in [1.165, 1.54) is 11.3 Å². The average molecular weight is 277 g/mol. The summed E-state index contributed by atoms with van der Waals surface area (Å²) in [6.45, 7) is 0. The maximum atomic E-state index is 12.0. The number of halogens is 3. The minimum absolute atomic E-state index is 0.0225. The highest BCUT2D eigenvalue weighted by atomic mass is 32.1. The molecule has 1 atom stereocenters. The normalized spacial score (nSPS) is 13.8. The number of thiophene rings is 1. The first-order valence-electron chi connectivity index (χ1n) is 5.14. The predicted molar refractivity (Wildman–Crippen MR) is 59.0 cm³/mol. The molecule has 0 amide bonds. The topological polar surface area (TPSA) is 64.9 Å². The molecular weight excluding hydrogens is 267 g/mol. The molecule has 0 spiro atoms. The van der Waals surface area contributed by atoms with Crippen molar-refractivity contribution in [2.24, 2.45) is 5.73 Å². The van der Waals surface area contributed by atoms with Crippen molar-refractivity contribution in [2.45, 2.75) is 25.1 Å². The van der Waals surface area contributed by atoms with Gasteiger partial charge in [-0.3, -0.25) is 0 Å². The lowest BCUT2D eigenvalue weighted by atomic mass is 10.2. The number of aryl methyl sites for hydroxylation is 1. The van der Waals surface area contributed by atoms with Crippen molar-refractivity contribution in [1.82, 2.24) is 10.1 Å². The Morgan fingerprint density at radius 2 is 2.22 bits per heavy atom. The molecule has 0 aliphatic carbocycles. The molecule has 2 N–H and O–H groups in total. The zero-order chi connectivity index (χ0) is 13.2. The summed E-state index contributed by atoms with van der Waals surface area (Å²) in [5.41, 5.74) is 5.85. The summed E-state index contributed by atoms with van der Waals surface area (Å²) in [7, 11) is 0. The fraction of sp³-hybridized carbons (Fsp3) is 0.400. The number of alkyl halides is 3. The van der Waals surface area contributed by atoms with Gasteiger partial charge in [-0.05, 0) is 11.4 Å². The SMILES string of the molecule is NC(c1nc(CCC(F)(F)F)no1)c1cccs1. The zero-order valence-corrected chi connectivity index (χ0v) is 9.96. The smallest absolute Gasteiger partial charge is 0.337 e. The molecule has 1 unspecified atom stereocenters. The second kappa shape index (κ2) is 5.07. The van der Waals surface area contributed by atoms with Gasteiger partial charge in [0.2, 0.25) is 5.89 Å². The summed E-state index contributed by atoms with van der Waals surface area (Å²) >= 11 is 1.42. The summed E-state index contributed by atoms with van der Waals surface area (Å²) in [5, 5.41) is 5.33. The molecule has 2 heterocycles. The van der Waals surface area contributed by atoms with Crippen molar-refractivity contribution in [2.75, 3.05) is 0 Å². The lowest BCUT2D eigenvalue weighted by Gasteiger charge is -2.02. The Balaban J connectivity index is 2.02. The van der Waals surface area contributed by atoms with Crippen LogP contribution in [0, 0.1) is 0 Å². The van der Waals surface area contributed by atoms with Crippen LogP contribution < -0.4 is 5.73 Å². The van der Waals surface area contributed by atoms with E-state index in [2.05, 4.69) is 10.1 Å². The van der Waals surface area contributed by atoms with Gasteiger partial charge >= 0.3 is 6.18 Å². The van der Waals surface area contributed by atoms with Crippen molar-refractivity contribution in [3.05, 3.63) is 34.1 Å². The fourth-order valence-electron chi connectivity index (χ4n) is 1.34. The molecule has 18 heavy (non-hydrogen) atoms. The van der Waals surface area contributed by atoms with Gasteiger partial charge in [0.05, 0.1) is 6.42 Å². The second-order valence-corrected chi connectivity index (χ2v) is 4.64. The number of nitrogens with two attached hydrogens (primary N) is 1. The maximum absolute atomic E-state index is 12.0. The van der Waals surface area contributed by atoms with Crippen molar-refractivity contribution in [1.29, 1.82) is 0 Å². The number of nitrogens with zero attached hydrogens (tertiary/aromatic N) is 2. The highest BCUT2D eigenvalue weighted by Gasteiger charge is 2.28. The van der Waals surface area contributed by atoms with Crippen LogP contribution in [0.4, 0.5) is 13.2 Å². The van der Waals surface area contributed by atoms with Gasteiger partial charge < -0.3 is 10.3 Å². The van der Waals surface area contributed by atoms with E-state index in [0.717, 1.165) is 4.88 Å². The van der Waals surface area contributed by atoms with Crippen molar-refractivity contribution in [3.63, 3.8) is 0 Å². The molecule has 0 radical (unpaired) electrons. The third kappa shape index (κ3) is 3.30. The Bertz CT molecular complexity index is 495. The molecule has 0 aliphatic heterocycles. The van der Waals surface area contributed by atoms with Crippen LogP contribution in [0.3, 0.4) is 0 Å². The Kier molecular flexibility index (Phi) is 3.67. The van der Waals surface area contributed by atoms with Crippen LogP contribution in [0.15, 0.2) is 22.0 Å². The fourth-order valence-corrected chi connectivity index (χ4v) is 2.06. The third-order valence-corrected chi connectivity index (χ3v) is 3.19. The third-order valence-electron chi connectivity index (χ3n) is 2.23. The van der Waals surface area contributed by atoms with E-state index in [1.54, 1.807) is 6.07 Å². The van der Waals surface area contributed by atoms with Crippen molar-refractivity contribution >= 4 is 11.3 Å². The maximum Gasteiger partial charge on any atom is 0.389 e. The van der Waals surface area contributed by atoms with Crippen molar-refractivity contribution < 1.29 is 17.7 Å². The first kappa shape index (κ1) is 13.0. The van der Waals surface area contributed by atoms with E-state index in [9.17, 15) is 13.2 Å². The van der Waals surface area contributed by atoms with Crippen LogP contribution in [0.2, 0.25) is 0 Å². The van der Waals surface area contributed by atoms with Gasteiger partial charge in [-0.15, -0.1) is 11.3 Å². The average Bonchev–Trinajstić information content (AvgIpc) is 2.96. The Morgan fingerprint density at radius 1 is 1.44 bits per heavy atom. The first-order valence-corrected chi connectivity index (χ1v) is 6.02. The van der Waals surface area contributed by atoms with Crippen LogP contribution in [0.1, 0.15) is 29.1 Å². The van der Waals surface area contributed by atoms with Gasteiger partial charge in [0, 0.05) is 11.3 Å². The van der Waals surface area contributed by atoms with E-state index in [1.807, 2.05) is 11.4 Å². The summed E-state index contributed by atoms with van der Waals surface area (Å²) < 4.78 is 40.9. The quantitative estimate of drug-likeness (QED) is 0.933. The highest BCUT2D eigenvalue weighted by molar-refractivity contribution is 7.10. The van der Waals surface area contributed by atoms with Crippen LogP contribution in [0.5, 0.6) is 0 Å². The molecule has 4 nitrogen and oxygen atoms in total. The Hall–Kier alpha value is -1.41. The summed E-state index contributed by atoms with van der Waals surface area (Å²) in [6, 6.07) is 3.03. The molecule has 8 heteroatoms. The molecule has 2 aromatic rings. The molecule has 0 fully saturated rings. The first-order chi connectivity index (χ1) is 8.46. The van der Waals surface area contributed by atoms with Crippen LogP contribution in [-0.2, 0) is 6.42 Å². The van der Waals surface area contributed by atoms with Crippen LogP contribution in [-0.4, -0.2) is 16.3 Å². The monoisotopic (exact) mass is 277 g/mol. The van der Waals surface area contributed by atoms with Gasteiger partial charge in [0.1, 0.15) is 6.04 Å². The van der Waals surface area contributed by atoms with Crippen LogP contribution >= 0.6 is 11.3 Å². The van der Waals surface area contributed by atoms with Crippen molar-refractivity contribution in [3.8, 4) is 0 Å². The second-order valence-electron chi connectivity index (χ2n) is 3.66. The van der Waals surface area contributed by atoms with E-state index in [-0.39, 0.29) is 18.1 Å². The molecule has 0 saturated carbocycles. The summed E-state index contributed by atoms with van der Waals surface area (Å²) in [6.07, 6.45) is -5.50. The summed E-state index contributed by atoms with van der Waals surface area (Å²) in [5.74, 6) is 0.156. The van der Waals surface area contributed by atoms with Gasteiger partial charge in [0.15, 0.2) is 5.82 Å². The molecule has 0 saturated heterocycles. The summed E-state index contributed by atoms with van der Waals surface area (Å²) in [4.78, 5) is 4.69. The van der Waals surface area contributed by atoms with Gasteiger partial charge in [-0.1, -0.05) is 11.2 Å². The van der Waals surface area contributed by atoms with Gasteiger partial charge in [0.25, 0.3) is 0 Å². The van der Waals surface area contributed by atoms with E-state index in [4.69, 9.17) is 10.3 Å². The minimum atomic E-state index is -4.23. The van der Waals surface area contributed by atoms with Gasteiger partial charge in [-0.2, -0.15) is 18.2 Å². The number of rotatable bonds is 4. The van der Waals surface area contributed by atoms with E-state index < -0.39 is 18.6 Å². The molecule has 2 rings (SSSR count). The molecule has 2 aromatic heterocycles. The number of hydrogen-bond acceptors (Lipinski definition) is 5. The Labute approximate surface area is 105 Å². The Morgan fingerprint density at radius 3 is 2.83 bits per heavy atom. The molecule has 98 valence electrons. The van der Waals surface area contributed by atoms with Crippen LogP contribution in [0.25, 0.3) is 0 Å². The lowest BCUT2D eigenvalue weighted by Crippen LogP contribution is -2.11. The molecule has 0 bridgehead atoms. The molecular formula is C10H10F3N3OS. The molecule has 0 aromatic carbocycles. The standard InChI is InChI=1S/C10H10F3N3OS/c11-10(12,13)4-3-7-15-9(17-16-7)8(14)6-2-1-5-18-6/h1-2,5,8H,3-4,14H2. The number of aromatic nitrogens is 2.